The van der Waals surface area contributed by atoms with Gasteiger partial charge in [0.05, 0.1) is 0 Å². The molecule has 0 aliphatic carbocycles. The summed E-state index contributed by atoms with van der Waals surface area (Å²) in [5.41, 5.74) is 0.714. The molecule has 1 N–H and O–H groups in total. The van der Waals surface area contributed by atoms with Crippen molar-refractivity contribution in [1.82, 2.24) is 5.32 Å². The van der Waals surface area contributed by atoms with E-state index < -0.39 is 0 Å². The highest BCUT2D eigenvalue weighted by atomic mass is 127. The second-order valence-electron chi connectivity index (χ2n) is 3.22. The lowest BCUT2D eigenvalue weighted by Gasteiger charge is -2.08. The first-order chi connectivity index (χ1) is 7.13. The molecule has 0 aliphatic heterocycles. The highest BCUT2D eigenvalue weighted by Crippen LogP contribution is 2.07. The molecule has 0 saturated heterocycles. The predicted octanol–water partition coefficient (Wildman–Crippen LogP) is 3.19. The van der Waals surface area contributed by atoms with Gasteiger partial charge in [-0.2, -0.15) is 0 Å². The van der Waals surface area contributed by atoms with E-state index in [0.717, 1.165) is 9.99 Å². The Hall–Kier alpha value is -0.100. The fourth-order valence-corrected chi connectivity index (χ4v) is 1.57. The van der Waals surface area contributed by atoms with E-state index in [0.29, 0.717) is 16.9 Å². The molecule has 1 rings (SSSR count). The molecule has 0 fully saturated rings. The molecule has 2 nitrogen and oxygen atoms in total. The van der Waals surface area contributed by atoms with Crippen molar-refractivity contribution < 1.29 is 4.79 Å². The third-order valence-electron chi connectivity index (χ3n) is 2.03. The molecule has 1 unspecified atom stereocenters. The summed E-state index contributed by atoms with van der Waals surface area (Å²) in [7, 11) is 0. The van der Waals surface area contributed by atoms with Gasteiger partial charge in [-0.25, -0.2) is 0 Å². The molecule has 0 spiro atoms. The maximum absolute atomic E-state index is 11.6. The number of hydrogen-bond acceptors (Lipinski definition) is 1. The van der Waals surface area contributed by atoms with Crippen molar-refractivity contribution in [2.24, 2.45) is 0 Å². The summed E-state index contributed by atoms with van der Waals surface area (Å²) < 4.78 is 1.14. The number of amides is 1. The Morgan fingerprint density at radius 1 is 1.47 bits per heavy atom. The van der Waals surface area contributed by atoms with Crippen LogP contribution in [0.2, 0.25) is 0 Å². The molecule has 1 amide bonds. The SMILES string of the molecule is CCC(Br)CNC(=O)c1ccc(I)cc1. The number of halogens is 2. The van der Waals surface area contributed by atoms with Crippen LogP contribution >= 0.6 is 38.5 Å². The fraction of sp³-hybridized carbons (Fsp3) is 0.364. The van der Waals surface area contributed by atoms with Gasteiger partial charge in [0, 0.05) is 20.5 Å². The van der Waals surface area contributed by atoms with Crippen LogP contribution in [-0.4, -0.2) is 17.3 Å². The lowest BCUT2D eigenvalue weighted by atomic mass is 10.2. The van der Waals surface area contributed by atoms with E-state index in [4.69, 9.17) is 0 Å². The third kappa shape index (κ3) is 4.51. The number of nitrogens with one attached hydrogen (secondary N) is 1. The summed E-state index contributed by atoms with van der Waals surface area (Å²) in [5, 5.41) is 2.88. The van der Waals surface area contributed by atoms with Gasteiger partial charge in [-0.15, -0.1) is 0 Å². The van der Waals surface area contributed by atoms with Gasteiger partial charge in [-0.3, -0.25) is 4.79 Å². The van der Waals surface area contributed by atoms with Crippen LogP contribution in [0, 0.1) is 3.57 Å². The minimum atomic E-state index is -0.00991. The molecular formula is C11H13BrINO. The average Bonchev–Trinajstić information content (AvgIpc) is 2.26. The Labute approximate surface area is 112 Å². The highest BCUT2D eigenvalue weighted by Gasteiger charge is 2.06. The van der Waals surface area contributed by atoms with Crippen LogP contribution in [0.1, 0.15) is 23.7 Å². The van der Waals surface area contributed by atoms with Crippen molar-refractivity contribution in [2.45, 2.75) is 18.2 Å². The molecule has 0 heterocycles. The van der Waals surface area contributed by atoms with E-state index in [2.05, 4.69) is 50.8 Å². The van der Waals surface area contributed by atoms with Crippen molar-refractivity contribution in [3.63, 3.8) is 0 Å². The first kappa shape index (κ1) is 13.0. The van der Waals surface area contributed by atoms with E-state index in [9.17, 15) is 4.79 Å². The van der Waals surface area contributed by atoms with Gasteiger partial charge in [0.2, 0.25) is 0 Å². The molecular weight excluding hydrogens is 369 g/mol. The van der Waals surface area contributed by atoms with Gasteiger partial charge < -0.3 is 5.32 Å². The summed E-state index contributed by atoms with van der Waals surface area (Å²) in [6, 6.07) is 7.54. The number of carbonyl (C=O) groups excluding carboxylic acids is 1. The molecule has 0 aliphatic rings. The van der Waals surface area contributed by atoms with Crippen LogP contribution in [0.3, 0.4) is 0 Å². The third-order valence-corrected chi connectivity index (χ3v) is 3.72. The summed E-state index contributed by atoms with van der Waals surface area (Å²) in [4.78, 5) is 12.0. The van der Waals surface area contributed by atoms with E-state index in [1.807, 2.05) is 24.3 Å². The van der Waals surface area contributed by atoms with Gasteiger partial charge in [-0.1, -0.05) is 22.9 Å². The molecule has 4 heteroatoms. The largest absolute Gasteiger partial charge is 0.351 e. The maximum atomic E-state index is 11.6. The molecule has 82 valence electrons. The van der Waals surface area contributed by atoms with Gasteiger partial charge in [0.1, 0.15) is 0 Å². The summed E-state index contributed by atoms with van der Waals surface area (Å²) >= 11 is 5.69. The number of benzene rings is 1. The fourth-order valence-electron chi connectivity index (χ4n) is 1.05. The molecule has 15 heavy (non-hydrogen) atoms. The molecule has 1 aromatic carbocycles. The van der Waals surface area contributed by atoms with Crippen molar-refractivity contribution in [3.05, 3.63) is 33.4 Å². The smallest absolute Gasteiger partial charge is 0.251 e. The lowest BCUT2D eigenvalue weighted by Crippen LogP contribution is -2.29. The number of alkyl halides is 1. The van der Waals surface area contributed by atoms with Crippen molar-refractivity contribution >= 4 is 44.4 Å². The van der Waals surface area contributed by atoms with Crippen molar-refractivity contribution in [1.29, 1.82) is 0 Å². The van der Waals surface area contributed by atoms with Gasteiger partial charge in [-0.05, 0) is 53.3 Å². The highest BCUT2D eigenvalue weighted by molar-refractivity contribution is 14.1. The lowest BCUT2D eigenvalue weighted by molar-refractivity contribution is 0.0954. The predicted molar refractivity (Wildman–Crippen MR) is 74.5 cm³/mol. The van der Waals surface area contributed by atoms with Crippen molar-refractivity contribution in [2.75, 3.05) is 6.54 Å². The molecule has 0 bridgehead atoms. The van der Waals surface area contributed by atoms with Crippen LogP contribution in [0.4, 0.5) is 0 Å². The second-order valence-corrected chi connectivity index (χ2v) is 5.76. The summed E-state index contributed by atoms with van der Waals surface area (Å²) in [6.07, 6.45) is 1.01. The quantitative estimate of drug-likeness (QED) is 0.629. The average molecular weight is 382 g/mol. The van der Waals surface area contributed by atoms with Crippen LogP contribution in [0.15, 0.2) is 24.3 Å². The van der Waals surface area contributed by atoms with E-state index >= 15 is 0 Å². The monoisotopic (exact) mass is 381 g/mol. The first-order valence-corrected chi connectivity index (χ1v) is 6.80. The second kappa shape index (κ2) is 6.48. The van der Waals surface area contributed by atoms with Gasteiger partial charge >= 0.3 is 0 Å². The summed E-state index contributed by atoms with van der Waals surface area (Å²) in [6.45, 7) is 2.75. The van der Waals surface area contributed by atoms with Crippen LogP contribution < -0.4 is 5.32 Å². The molecule has 1 aromatic rings. The normalized spacial score (nSPS) is 12.2. The summed E-state index contributed by atoms with van der Waals surface area (Å²) in [5.74, 6) is -0.00991. The first-order valence-electron chi connectivity index (χ1n) is 4.81. The Kier molecular flexibility index (Phi) is 5.60. The van der Waals surface area contributed by atoms with Crippen LogP contribution in [0.5, 0.6) is 0 Å². The maximum Gasteiger partial charge on any atom is 0.251 e. The van der Waals surface area contributed by atoms with Crippen molar-refractivity contribution in [3.8, 4) is 0 Å². The standard InChI is InChI=1S/C11H13BrINO/c1-2-9(12)7-14-11(15)8-3-5-10(13)6-4-8/h3-6,9H,2,7H2,1H3,(H,14,15). The zero-order chi connectivity index (χ0) is 11.3. The van der Waals surface area contributed by atoms with E-state index in [-0.39, 0.29) is 5.91 Å². The van der Waals surface area contributed by atoms with Gasteiger partial charge in [0.25, 0.3) is 5.91 Å². The molecule has 0 radical (unpaired) electrons. The number of hydrogen-bond donors (Lipinski definition) is 1. The zero-order valence-electron chi connectivity index (χ0n) is 8.47. The Bertz CT molecular complexity index is 326. The van der Waals surface area contributed by atoms with Crippen LogP contribution in [-0.2, 0) is 0 Å². The van der Waals surface area contributed by atoms with E-state index in [1.165, 1.54) is 0 Å². The Morgan fingerprint density at radius 2 is 2.07 bits per heavy atom. The van der Waals surface area contributed by atoms with Crippen LogP contribution in [0.25, 0.3) is 0 Å². The minimum Gasteiger partial charge on any atom is -0.351 e. The van der Waals surface area contributed by atoms with Gasteiger partial charge in [0.15, 0.2) is 0 Å². The zero-order valence-corrected chi connectivity index (χ0v) is 12.2. The molecule has 0 saturated carbocycles. The minimum absolute atomic E-state index is 0.00991. The topological polar surface area (TPSA) is 29.1 Å². The number of carbonyl (C=O) groups is 1. The Morgan fingerprint density at radius 3 is 2.60 bits per heavy atom. The molecule has 1 atom stereocenters. The Balaban J connectivity index is 2.50. The number of rotatable bonds is 4. The molecule has 0 aromatic heterocycles. The van der Waals surface area contributed by atoms with E-state index in [1.54, 1.807) is 0 Å².